The molecule has 2 saturated heterocycles. The highest BCUT2D eigenvalue weighted by atomic mass is 16.7. The zero-order valence-electron chi connectivity index (χ0n) is 37.5. The minimum atomic E-state index is -1.80. The van der Waals surface area contributed by atoms with E-state index in [9.17, 15) is 45.6 Å². The fraction of sp³-hybridized carbons (Fsp3) is 0.653. The Morgan fingerprint density at radius 2 is 1.08 bits per heavy atom. The Bertz CT molecular complexity index is 1420. The van der Waals surface area contributed by atoms with Crippen LogP contribution in [0.3, 0.4) is 0 Å². The van der Waals surface area contributed by atoms with Gasteiger partial charge in [-0.3, -0.25) is 4.79 Å². The Kier molecular flexibility index (Phi) is 31.3. The molecule has 0 spiro atoms. The van der Waals surface area contributed by atoms with E-state index in [1.54, 1.807) is 6.08 Å². The van der Waals surface area contributed by atoms with Crippen LogP contribution < -0.4 is 5.32 Å². The zero-order chi connectivity index (χ0) is 46.1. The summed E-state index contributed by atoms with van der Waals surface area (Å²) < 4.78 is 22.6. The first kappa shape index (κ1) is 56.0. The Labute approximate surface area is 375 Å². The molecule has 0 saturated carbocycles. The number of carbonyl (C=O) groups is 1. The molecule has 0 aromatic carbocycles. The van der Waals surface area contributed by atoms with Gasteiger partial charge < -0.3 is 65.1 Å². The molecule has 63 heavy (non-hydrogen) atoms. The number of carbonyl (C=O) groups excluding carboxylic acids is 1. The van der Waals surface area contributed by atoms with E-state index < -0.39 is 86.8 Å². The van der Waals surface area contributed by atoms with E-state index in [2.05, 4.69) is 98.2 Å². The van der Waals surface area contributed by atoms with E-state index in [1.807, 2.05) is 12.2 Å². The number of aliphatic hydroxyl groups is 8. The van der Waals surface area contributed by atoms with Crippen LogP contribution in [0.5, 0.6) is 0 Å². The number of nitrogens with one attached hydrogen (secondary N) is 1. The van der Waals surface area contributed by atoms with Crippen LogP contribution in [0.2, 0.25) is 0 Å². The predicted molar refractivity (Wildman–Crippen MR) is 244 cm³/mol. The van der Waals surface area contributed by atoms with Crippen LogP contribution in [0.15, 0.2) is 97.2 Å². The topological polar surface area (TPSA) is 228 Å². The first-order valence-electron chi connectivity index (χ1n) is 23.0. The number of hydrogen-bond donors (Lipinski definition) is 9. The highest BCUT2D eigenvalue weighted by Gasteiger charge is 2.50. The number of ether oxygens (including phenoxy) is 4. The highest BCUT2D eigenvalue weighted by molar-refractivity contribution is 5.76. The smallest absolute Gasteiger partial charge is 0.220 e. The number of aliphatic hydroxyl groups excluding tert-OH is 8. The van der Waals surface area contributed by atoms with Gasteiger partial charge in [-0.05, 0) is 77.0 Å². The average molecular weight is 890 g/mol. The van der Waals surface area contributed by atoms with Crippen molar-refractivity contribution in [2.24, 2.45) is 0 Å². The molecular formula is C49H79NO13. The second kappa shape index (κ2) is 35.2. The molecule has 1 amide bonds. The summed E-state index contributed by atoms with van der Waals surface area (Å²) in [6, 6.07) is -0.971. The molecule has 12 unspecified atom stereocenters. The van der Waals surface area contributed by atoms with Gasteiger partial charge in [0.15, 0.2) is 12.6 Å². The predicted octanol–water partition coefficient (Wildman–Crippen LogP) is 4.81. The van der Waals surface area contributed by atoms with Crippen molar-refractivity contribution in [3.63, 3.8) is 0 Å². The van der Waals surface area contributed by atoms with Gasteiger partial charge in [0, 0.05) is 6.42 Å². The number of rotatable bonds is 32. The summed E-state index contributed by atoms with van der Waals surface area (Å²) in [6.07, 6.45) is 28.9. The molecule has 0 radical (unpaired) electrons. The minimum absolute atomic E-state index is 0.185. The molecule has 2 fully saturated rings. The molecule has 0 bridgehead atoms. The number of amides is 1. The third-order valence-electron chi connectivity index (χ3n) is 10.5. The van der Waals surface area contributed by atoms with Crippen molar-refractivity contribution in [2.75, 3.05) is 19.8 Å². The molecule has 358 valence electrons. The van der Waals surface area contributed by atoms with Crippen molar-refractivity contribution >= 4 is 5.91 Å². The molecule has 2 aliphatic heterocycles. The normalized spacial score (nSPS) is 28.4. The minimum Gasteiger partial charge on any atom is -0.394 e. The van der Waals surface area contributed by atoms with Crippen molar-refractivity contribution in [1.29, 1.82) is 0 Å². The molecule has 2 rings (SSSR count). The summed E-state index contributed by atoms with van der Waals surface area (Å²) in [5.41, 5.74) is 0. The van der Waals surface area contributed by atoms with Crippen molar-refractivity contribution < 1.29 is 64.6 Å². The van der Waals surface area contributed by atoms with Crippen molar-refractivity contribution in [3.05, 3.63) is 97.2 Å². The number of allylic oxidation sites excluding steroid dienone is 15. The molecule has 14 nitrogen and oxygen atoms in total. The molecule has 2 aliphatic rings. The quantitative estimate of drug-likeness (QED) is 0.0327. The maximum Gasteiger partial charge on any atom is 0.220 e. The zero-order valence-corrected chi connectivity index (χ0v) is 37.5. The fourth-order valence-electron chi connectivity index (χ4n) is 6.69. The van der Waals surface area contributed by atoms with Crippen LogP contribution in [-0.2, 0) is 23.7 Å². The van der Waals surface area contributed by atoms with E-state index in [-0.39, 0.29) is 18.9 Å². The standard InChI is InChI=1S/C49H79NO13/c1-3-5-7-9-11-13-15-17-18-19-20-21-23-25-27-29-31-33-41(54)50-37(38(53)32-30-28-26-24-22-16-14-12-10-8-6-4-2)36-60-48-46(59)44(57)47(40(35-52)62-48)63-49-45(58)43(56)42(55)39(34-51)61-49/h5,7,10-13,17-18,20-22,24-25,27,30,32,37-40,42-49,51-53,55-59H,3-4,6,8-9,14-16,19,23,26,28-29,31,33-36H2,1-2H3,(H,50,54)/b7-5-,12-10+,13-11-,18-17-,21-20-,24-22+,27-25-,32-30+. The largest absolute Gasteiger partial charge is 0.394 e. The summed E-state index contributed by atoms with van der Waals surface area (Å²) in [5, 5.41) is 86.4. The molecule has 0 aromatic heterocycles. The molecule has 12 atom stereocenters. The lowest BCUT2D eigenvalue weighted by Crippen LogP contribution is -2.65. The molecule has 9 N–H and O–H groups in total. The van der Waals surface area contributed by atoms with Gasteiger partial charge in [-0.25, -0.2) is 0 Å². The van der Waals surface area contributed by atoms with Crippen molar-refractivity contribution in [2.45, 2.75) is 184 Å². The lowest BCUT2D eigenvalue weighted by atomic mass is 9.97. The lowest BCUT2D eigenvalue weighted by Gasteiger charge is -2.46. The lowest BCUT2D eigenvalue weighted by molar-refractivity contribution is -0.359. The van der Waals surface area contributed by atoms with Crippen molar-refractivity contribution in [3.8, 4) is 0 Å². The van der Waals surface area contributed by atoms with Crippen LogP contribution in [0.1, 0.15) is 110 Å². The highest BCUT2D eigenvalue weighted by Crippen LogP contribution is 2.29. The Morgan fingerprint density at radius 3 is 1.65 bits per heavy atom. The third kappa shape index (κ3) is 23.1. The van der Waals surface area contributed by atoms with E-state index in [4.69, 9.17) is 18.9 Å². The summed E-state index contributed by atoms with van der Waals surface area (Å²) in [6.45, 7) is 2.50. The molecule has 2 heterocycles. The van der Waals surface area contributed by atoms with Gasteiger partial charge in [0.2, 0.25) is 5.91 Å². The van der Waals surface area contributed by atoms with Crippen LogP contribution in [-0.4, -0.2) is 140 Å². The van der Waals surface area contributed by atoms with Crippen molar-refractivity contribution in [1.82, 2.24) is 5.32 Å². The molecular weight excluding hydrogens is 811 g/mol. The summed E-state index contributed by atoms with van der Waals surface area (Å²) in [4.78, 5) is 13.1. The average Bonchev–Trinajstić information content (AvgIpc) is 3.28. The van der Waals surface area contributed by atoms with E-state index >= 15 is 0 Å². The Hall–Kier alpha value is -3.09. The first-order valence-corrected chi connectivity index (χ1v) is 23.0. The van der Waals surface area contributed by atoms with Gasteiger partial charge >= 0.3 is 0 Å². The SMILES string of the molecule is CC/C=C\C/C=C\C/C=C\C/C=C\C/C=C\CCCC(=O)NC(COC1OC(CO)C(OC2OC(CO)C(O)C(O)C2O)C(O)C1O)C(O)/C=C/CC/C=C/CC/C=C/CCCC. The Morgan fingerprint density at radius 1 is 0.587 bits per heavy atom. The Balaban J connectivity index is 1.94. The van der Waals surface area contributed by atoms with E-state index in [0.29, 0.717) is 19.3 Å². The second-order valence-electron chi connectivity index (χ2n) is 15.8. The van der Waals surface area contributed by atoms with Gasteiger partial charge in [-0.15, -0.1) is 0 Å². The van der Waals surface area contributed by atoms with Gasteiger partial charge in [-0.1, -0.05) is 124 Å². The summed E-state index contributed by atoms with van der Waals surface area (Å²) in [5.74, 6) is -0.318. The maximum absolute atomic E-state index is 13.1. The maximum atomic E-state index is 13.1. The van der Waals surface area contributed by atoms with Gasteiger partial charge in [0.1, 0.15) is 48.8 Å². The van der Waals surface area contributed by atoms with Crippen LogP contribution in [0.25, 0.3) is 0 Å². The van der Waals surface area contributed by atoms with Crippen LogP contribution >= 0.6 is 0 Å². The van der Waals surface area contributed by atoms with Crippen LogP contribution in [0.4, 0.5) is 0 Å². The van der Waals surface area contributed by atoms with Gasteiger partial charge in [-0.2, -0.15) is 0 Å². The fourth-order valence-corrected chi connectivity index (χ4v) is 6.69. The molecule has 0 aliphatic carbocycles. The van der Waals surface area contributed by atoms with Gasteiger partial charge in [0.05, 0.1) is 32.0 Å². The van der Waals surface area contributed by atoms with E-state index in [1.165, 1.54) is 12.8 Å². The second-order valence-corrected chi connectivity index (χ2v) is 15.8. The molecule has 14 heteroatoms. The number of hydrogen-bond acceptors (Lipinski definition) is 13. The monoisotopic (exact) mass is 890 g/mol. The third-order valence-corrected chi connectivity index (χ3v) is 10.5. The van der Waals surface area contributed by atoms with Gasteiger partial charge in [0.25, 0.3) is 0 Å². The first-order chi connectivity index (χ1) is 30.6. The van der Waals surface area contributed by atoms with Crippen LogP contribution in [0, 0.1) is 0 Å². The molecule has 0 aromatic rings. The number of unbranched alkanes of at least 4 members (excludes halogenated alkanes) is 5. The summed E-state index contributed by atoms with van der Waals surface area (Å²) >= 11 is 0. The summed E-state index contributed by atoms with van der Waals surface area (Å²) in [7, 11) is 0. The van der Waals surface area contributed by atoms with E-state index in [0.717, 1.165) is 57.8 Å².